The van der Waals surface area contributed by atoms with Gasteiger partial charge in [0.15, 0.2) is 0 Å². The van der Waals surface area contributed by atoms with E-state index in [0.717, 1.165) is 0 Å². The smallest absolute Gasteiger partial charge is 0.325 e. The van der Waals surface area contributed by atoms with Crippen LogP contribution in [0.2, 0.25) is 0 Å². The second-order valence-electron chi connectivity index (χ2n) is 1.76. The molecule has 9 heavy (non-hydrogen) atoms. The van der Waals surface area contributed by atoms with Gasteiger partial charge in [-0.1, -0.05) is 6.92 Å². The van der Waals surface area contributed by atoms with Gasteiger partial charge in [-0.15, -0.1) is 0 Å². The number of aromatic nitrogens is 2. The van der Waals surface area contributed by atoms with Gasteiger partial charge in [-0.25, -0.2) is 4.79 Å². The molecule has 1 aromatic heterocycles. The SMILES string of the molecule is CCc1[nH]c(=O)[nH]c1O. The second-order valence-corrected chi connectivity index (χ2v) is 1.76. The largest absolute Gasteiger partial charge is 0.493 e. The van der Waals surface area contributed by atoms with Gasteiger partial charge in [0.2, 0.25) is 5.88 Å². The molecule has 0 aliphatic rings. The molecule has 1 heterocycles. The highest BCUT2D eigenvalue weighted by atomic mass is 16.3. The summed E-state index contributed by atoms with van der Waals surface area (Å²) >= 11 is 0. The van der Waals surface area contributed by atoms with E-state index in [1.165, 1.54) is 0 Å². The van der Waals surface area contributed by atoms with Gasteiger partial charge in [-0.3, -0.25) is 4.98 Å². The average Bonchev–Trinajstić information content (AvgIpc) is 2.10. The van der Waals surface area contributed by atoms with Crippen molar-refractivity contribution in [3.05, 3.63) is 16.2 Å². The topological polar surface area (TPSA) is 68.9 Å². The number of aromatic hydroxyl groups is 1. The number of aromatic amines is 2. The van der Waals surface area contributed by atoms with Gasteiger partial charge in [0.05, 0.1) is 5.69 Å². The van der Waals surface area contributed by atoms with Crippen molar-refractivity contribution in [2.24, 2.45) is 0 Å². The van der Waals surface area contributed by atoms with Gasteiger partial charge in [0.1, 0.15) is 0 Å². The molecule has 3 N–H and O–H groups in total. The fraction of sp³-hybridized carbons (Fsp3) is 0.400. The summed E-state index contributed by atoms with van der Waals surface area (Å²) in [5, 5.41) is 8.84. The quantitative estimate of drug-likeness (QED) is 0.497. The molecule has 0 saturated heterocycles. The number of hydrogen-bond donors (Lipinski definition) is 3. The minimum absolute atomic E-state index is 0.0532. The van der Waals surface area contributed by atoms with Crippen LogP contribution in [0.1, 0.15) is 12.6 Å². The van der Waals surface area contributed by atoms with Gasteiger partial charge in [0.25, 0.3) is 0 Å². The van der Waals surface area contributed by atoms with E-state index in [2.05, 4.69) is 9.97 Å². The standard InChI is InChI=1S/C5H8N2O2/c1-2-3-4(8)7-5(9)6-3/h8H,2H2,1H3,(H2,6,7,9). The van der Waals surface area contributed by atoms with Gasteiger partial charge in [-0.2, -0.15) is 0 Å². The first kappa shape index (κ1) is 5.94. The number of nitrogens with one attached hydrogen (secondary N) is 2. The molecular weight excluding hydrogens is 120 g/mol. The summed E-state index contributed by atoms with van der Waals surface area (Å²) in [7, 11) is 0. The van der Waals surface area contributed by atoms with E-state index in [9.17, 15) is 4.79 Å². The predicted octanol–water partition coefficient (Wildman–Crippen LogP) is -0.0290. The molecule has 0 atom stereocenters. The van der Waals surface area contributed by atoms with E-state index in [1.54, 1.807) is 0 Å². The lowest BCUT2D eigenvalue weighted by atomic mass is 10.4. The van der Waals surface area contributed by atoms with E-state index in [-0.39, 0.29) is 11.6 Å². The van der Waals surface area contributed by atoms with Crippen molar-refractivity contribution in [1.29, 1.82) is 0 Å². The van der Waals surface area contributed by atoms with E-state index in [0.29, 0.717) is 12.1 Å². The first-order valence-electron chi connectivity index (χ1n) is 2.74. The monoisotopic (exact) mass is 128 g/mol. The van der Waals surface area contributed by atoms with Crippen LogP contribution in [0.25, 0.3) is 0 Å². The van der Waals surface area contributed by atoms with Crippen LogP contribution in [0, 0.1) is 0 Å². The zero-order valence-electron chi connectivity index (χ0n) is 5.06. The van der Waals surface area contributed by atoms with Gasteiger partial charge in [-0.05, 0) is 6.42 Å². The number of hydrogen-bond acceptors (Lipinski definition) is 2. The van der Waals surface area contributed by atoms with Gasteiger partial charge in [0, 0.05) is 0 Å². The number of aryl methyl sites for hydroxylation is 1. The first-order valence-corrected chi connectivity index (χ1v) is 2.74. The van der Waals surface area contributed by atoms with Crippen molar-refractivity contribution >= 4 is 0 Å². The van der Waals surface area contributed by atoms with Crippen molar-refractivity contribution in [3.8, 4) is 5.88 Å². The van der Waals surface area contributed by atoms with Crippen molar-refractivity contribution in [3.63, 3.8) is 0 Å². The van der Waals surface area contributed by atoms with Crippen LogP contribution < -0.4 is 5.69 Å². The van der Waals surface area contributed by atoms with E-state index < -0.39 is 0 Å². The first-order chi connectivity index (χ1) is 4.24. The van der Waals surface area contributed by atoms with Crippen LogP contribution in [0.5, 0.6) is 5.88 Å². The van der Waals surface area contributed by atoms with Crippen LogP contribution in [0.15, 0.2) is 4.79 Å². The highest BCUT2D eigenvalue weighted by molar-refractivity contribution is 5.14. The normalized spacial score (nSPS) is 9.89. The Morgan fingerprint density at radius 2 is 2.22 bits per heavy atom. The molecule has 0 aliphatic carbocycles. The molecule has 0 fully saturated rings. The third kappa shape index (κ3) is 0.960. The molecule has 0 saturated carbocycles. The molecule has 0 unspecified atom stereocenters. The van der Waals surface area contributed by atoms with Gasteiger partial charge >= 0.3 is 5.69 Å². The van der Waals surface area contributed by atoms with E-state index >= 15 is 0 Å². The van der Waals surface area contributed by atoms with Crippen LogP contribution in [0.3, 0.4) is 0 Å². The van der Waals surface area contributed by atoms with E-state index in [4.69, 9.17) is 5.11 Å². The molecule has 0 bridgehead atoms. The van der Waals surface area contributed by atoms with Crippen LogP contribution >= 0.6 is 0 Å². The van der Waals surface area contributed by atoms with Crippen molar-refractivity contribution in [2.75, 3.05) is 0 Å². The zero-order chi connectivity index (χ0) is 6.85. The minimum atomic E-state index is -0.357. The van der Waals surface area contributed by atoms with Gasteiger partial charge < -0.3 is 10.1 Å². The molecule has 0 radical (unpaired) electrons. The average molecular weight is 128 g/mol. The molecule has 1 rings (SSSR count). The molecule has 4 heteroatoms. The summed E-state index contributed by atoms with van der Waals surface area (Å²) in [5.74, 6) is -0.0532. The molecule has 0 amide bonds. The second kappa shape index (κ2) is 1.97. The molecule has 0 aromatic carbocycles. The van der Waals surface area contributed by atoms with Crippen LogP contribution in [0.4, 0.5) is 0 Å². The van der Waals surface area contributed by atoms with Crippen LogP contribution in [-0.2, 0) is 6.42 Å². The predicted molar refractivity (Wildman–Crippen MR) is 32.5 cm³/mol. The lowest BCUT2D eigenvalue weighted by Gasteiger charge is -1.86. The Balaban J connectivity index is 3.16. The fourth-order valence-corrected chi connectivity index (χ4v) is 0.666. The zero-order valence-corrected chi connectivity index (χ0v) is 5.06. The molecular formula is C5H8N2O2. The molecule has 0 aliphatic heterocycles. The lowest BCUT2D eigenvalue weighted by Crippen LogP contribution is -2.00. The summed E-state index contributed by atoms with van der Waals surface area (Å²) in [5.41, 5.74) is 0.198. The Bertz CT molecular complexity index is 248. The number of rotatable bonds is 1. The summed E-state index contributed by atoms with van der Waals surface area (Å²) in [6, 6.07) is 0. The Morgan fingerprint density at radius 3 is 2.44 bits per heavy atom. The number of imidazole rings is 1. The maximum atomic E-state index is 10.4. The fourth-order valence-electron chi connectivity index (χ4n) is 0.666. The van der Waals surface area contributed by atoms with E-state index in [1.807, 2.05) is 6.92 Å². The maximum Gasteiger partial charge on any atom is 0.325 e. The molecule has 1 aromatic rings. The van der Waals surface area contributed by atoms with Crippen molar-refractivity contribution < 1.29 is 5.11 Å². The third-order valence-electron chi connectivity index (χ3n) is 1.14. The summed E-state index contributed by atoms with van der Waals surface area (Å²) in [6.07, 6.45) is 0.630. The minimum Gasteiger partial charge on any atom is -0.493 e. The highest BCUT2D eigenvalue weighted by Crippen LogP contribution is 2.05. The molecule has 0 spiro atoms. The van der Waals surface area contributed by atoms with Crippen LogP contribution in [-0.4, -0.2) is 15.1 Å². The third-order valence-corrected chi connectivity index (χ3v) is 1.14. The van der Waals surface area contributed by atoms with Crippen molar-refractivity contribution in [1.82, 2.24) is 9.97 Å². The molecule has 50 valence electrons. The maximum absolute atomic E-state index is 10.4. The Hall–Kier alpha value is -1.19. The Kier molecular flexibility index (Phi) is 1.30. The number of H-pyrrole nitrogens is 2. The van der Waals surface area contributed by atoms with Crippen molar-refractivity contribution in [2.45, 2.75) is 13.3 Å². The Morgan fingerprint density at radius 1 is 1.56 bits per heavy atom. The summed E-state index contributed by atoms with van der Waals surface area (Å²) < 4.78 is 0. The summed E-state index contributed by atoms with van der Waals surface area (Å²) in [4.78, 5) is 15.0. The highest BCUT2D eigenvalue weighted by Gasteiger charge is 1.99. The molecule has 4 nitrogen and oxygen atoms in total. The summed E-state index contributed by atoms with van der Waals surface area (Å²) in [6.45, 7) is 1.85. The Labute approximate surface area is 51.5 Å². The lowest BCUT2D eigenvalue weighted by molar-refractivity contribution is 0.449.